The molecule has 0 spiro atoms. The van der Waals surface area contributed by atoms with Crippen molar-refractivity contribution >= 4 is 29.1 Å². The van der Waals surface area contributed by atoms with Gasteiger partial charge in [0.25, 0.3) is 5.91 Å². The van der Waals surface area contributed by atoms with E-state index < -0.39 is 0 Å². The van der Waals surface area contributed by atoms with E-state index in [1.54, 1.807) is 36.4 Å². The lowest BCUT2D eigenvalue weighted by atomic mass is 9.86. The summed E-state index contributed by atoms with van der Waals surface area (Å²) in [5.74, 6) is 1.84. The third-order valence-electron chi connectivity index (χ3n) is 5.16. The summed E-state index contributed by atoms with van der Waals surface area (Å²) in [7, 11) is 0. The van der Waals surface area contributed by atoms with Gasteiger partial charge in [-0.05, 0) is 74.2 Å². The van der Waals surface area contributed by atoms with Crippen LogP contribution in [0.25, 0.3) is 11.5 Å². The van der Waals surface area contributed by atoms with Gasteiger partial charge in [0.15, 0.2) is 6.61 Å². The van der Waals surface area contributed by atoms with E-state index in [0.29, 0.717) is 27.6 Å². The maximum atomic E-state index is 12.2. The Bertz CT molecular complexity index is 982. The van der Waals surface area contributed by atoms with Crippen LogP contribution in [-0.4, -0.2) is 28.8 Å². The van der Waals surface area contributed by atoms with Gasteiger partial charge in [-0.3, -0.25) is 4.79 Å². The highest BCUT2D eigenvalue weighted by Crippen LogP contribution is 2.33. The average Bonchev–Trinajstić information content (AvgIpc) is 3.25. The number of nitrogens with one attached hydrogen (secondary N) is 1. The Labute approximate surface area is 184 Å². The van der Waals surface area contributed by atoms with E-state index in [1.165, 1.54) is 0 Å². The number of halogens is 2. The quantitative estimate of drug-likeness (QED) is 0.559. The second-order valence-corrected chi connectivity index (χ2v) is 8.18. The van der Waals surface area contributed by atoms with E-state index in [9.17, 15) is 4.79 Å². The van der Waals surface area contributed by atoms with Crippen molar-refractivity contribution in [3.8, 4) is 17.2 Å². The van der Waals surface area contributed by atoms with Crippen molar-refractivity contribution in [2.45, 2.75) is 37.6 Å². The predicted molar refractivity (Wildman–Crippen MR) is 115 cm³/mol. The van der Waals surface area contributed by atoms with Crippen molar-refractivity contribution < 1.29 is 13.9 Å². The Kier molecular flexibility index (Phi) is 6.55. The van der Waals surface area contributed by atoms with Crippen LogP contribution < -0.4 is 10.1 Å². The SMILES string of the molecule is O=C(COc1ccc(Cl)cc1)N[C@H]1CC[C@H](c2nnc(-c3ccc(Cl)cc3)o2)CC1. The standard InChI is InChI=1S/C22H21Cl2N3O3/c23-16-5-1-14(2-6-16)21-26-27-22(30-21)15-3-9-18(10-4-15)25-20(28)13-29-19-11-7-17(24)8-12-19/h1-2,5-8,11-12,15,18H,3-4,9-10,13H2,(H,25,28)/t15-,18-. The number of benzene rings is 2. The molecule has 6 nitrogen and oxygen atoms in total. The van der Waals surface area contributed by atoms with Crippen LogP contribution in [0.15, 0.2) is 52.9 Å². The first-order valence-corrected chi connectivity index (χ1v) is 10.6. The van der Waals surface area contributed by atoms with Crippen LogP contribution in [0.1, 0.15) is 37.5 Å². The molecule has 1 fully saturated rings. The van der Waals surface area contributed by atoms with E-state index in [2.05, 4.69) is 15.5 Å². The highest BCUT2D eigenvalue weighted by molar-refractivity contribution is 6.30. The van der Waals surface area contributed by atoms with Gasteiger partial charge in [-0.15, -0.1) is 10.2 Å². The third-order valence-corrected chi connectivity index (χ3v) is 5.66. The zero-order valence-electron chi connectivity index (χ0n) is 16.2. The van der Waals surface area contributed by atoms with Gasteiger partial charge in [0.1, 0.15) is 5.75 Å². The normalized spacial score (nSPS) is 18.7. The number of amides is 1. The molecule has 4 rings (SSSR count). The summed E-state index contributed by atoms with van der Waals surface area (Å²) < 4.78 is 11.4. The average molecular weight is 446 g/mol. The van der Waals surface area contributed by atoms with Crippen LogP contribution in [-0.2, 0) is 4.79 Å². The number of ether oxygens (including phenoxy) is 1. The van der Waals surface area contributed by atoms with E-state index in [1.807, 2.05) is 12.1 Å². The van der Waals surface area contributed by atoms with Crippen molar-refractivity contribution in [2.24, 2.45) is 0 Å². The van der Waals surface area contributed by atoms with Gasteiger partial charge in [0, 0.05) is 27.6 Å². The molecule has 1 aromatic heterocycles. The number of hydrogen-bond donors (Lipinski definition) is 1. The van der Waals surface area contributed by atoms with E-state index in [-0.39, 0.29) is 24.5 Å². The summed E-state index contributed by atoms with van der Waals surface area (Å²) in [6.07, 6.45) is 3.47. The Morgan fingerprint density at radius 1 is 0.967 bits per heavy atom. The first-order chi connectivity index (χ1) is 14.6. The van der Waals surface area contributed by atoms with Crippen molar-refractivity contribution in [1.82, 2.24) is 15.5 Å². The number of nitrogens with zero attached hydrogens (tertiary/aromatic N) is 2. The second-order valence-electron chi connectivity index (χ2n) is 7.31. The van der Waals surface area contributed by atoms with Gasteiger partial charge in [-0.25, -0.2) is 0 Å². The van der Waals surface area contributed by atoms with Crippen LogP contribution in [0, 0.1) is 0 Å². The van der Waals surface area contributed by atoms with Gasteiger partial charge in [-0.1, -0.05) is 23.2 Å². The summed E-state index contributed by atoms with van der Waals surface area (Å²) in [6.45, 7) is -0.0182. The maximum Gasteiger partial charge on any atom is 0.258 e. The molecule has 3 aromatic rings. The zero-order chi connectivity index (χ0) is 20.9. The number of aromatic nitrogens is 2. The molecular formula is C22H21Cl2N3O3. The lowest BCUT2D eigenvalue weighted by Gasteiger charge is -2.27. The van der Waals surface area contributed by atoms with Crippen molar-refractivity contribution in [1.29, 1.82) is 0 Å². The fourth-order valence-electron chi connectivity index (χ4n) is 3.54. The molecule has 0 aliphatic heterocycles. The van der Waals surface area contributed by atoms with Gasteiger partial charge in [-0.2, -0.15) is 0 Å². The van der Waals surface area contributed by atoms with Crippen LogP contribution >= 0.6 is 23.2 Å². The van der Waals surface area contributed by atoms with Crippen LogP contribution in [0.5, 0.6) is 5.75 Å². The molecule has 0 radical (unpaired) electrons. The highest BCUT2D eigenvalue weighted by atomic mass is 35.5. The minimum absolute atomic E-state index is 0.0182. The van der Waals surface area contributed by atoms with Crippen LogP contribution in [0.2, 0.25) is 10.0 Å². The molecule has 2 aromatic carbocycles. The summed E-state index contributed by atoms with van der Waals surface area (Å²) in [4.78, 5) is 12.2. The first kappa shape index (κ1) is 20.7. The topological polar surface area (TPSA) is 77.2 Å². The van der Waals surface area contributed by atoms with Gasteiger partial charge in [0.05, 0.1) is 0 Å². The summed E-state index contributed by atoms with van der Waals surface area (Å²) in [5.41, 5.74) is 0.847. The fourth-order valence-corrected chi connectivity index (χ4v) is 3.79. The predicted octanol–water partition coefficient (Wildman–Crippen LogP) is 5.26. The third kappa shape index (κ3) is 5.32. The first-order valence-electron chi connectivity index (χ1n) is 9.84. The molecule has 1 saturated carbocycles. The van der Waals surface area contributed by atoms with Gasteiger partial charge in [0.2, 0.25) is 11.8 Å². The Morgan fingerprint density at radius 2 is 1.60 bits per heavy atom. The molecule has 8 heteroatoms. The largest absolute Gasteiger partial charge is 0.484 e. The Morgan fingerprint density at radius 3 is 2.27 bits per heavy atom. The molecule has 1 amide bonds. The lowest BCUT2D eigenvalue weighted by molar-refractivity contribution is -0.124. The molecular weight excluding hydrogens is 425 g/mol. The molecule has 156 valence electrons. The van der Waals surface area contributed by atoms with E-state index in [4.69, 9.17) is 32.4 Å². The lowest BCUT2D eigenvalue weighted by Crippen LogP contribution is -2.39. The van der Waals surface area contributed by atoms with Gasteiger partial charge >= 0.3 is 0 Å². The minimum atomic E-state index is -0.129. The maximum absolute atomic E-state index is 12.2. The number of rotatable bonds is 6. The number of carbonyl (C=O) groups is 1. The van der Waals surface area contributed by atoms with Crippen molar-refractivity contribution in [3.05, 3.63) is 64.5 Å². The second kappa shape index (κ2) is 9.49. The van der Waals surface area contributed by atoms with Crippen molar-refractivity contribution in [2.75, 3.05) is 6.61 Å². The van der Waals surface area contributed by atoms with E-state index >= 15 is 0 Å². The van der Waals surface area contributed by atoms with Crippen molar-refractivity contribution in [3.63, 3.8) is 0 Å². The Hall–Kier alpha value is -2.57. The smallest absolute Gasteiger partial charge is 0.258 e. The summed E-state index contributed by atoms with van der Waals surface area (Å²) in [6, 6.07) is 14.4. The Balaban J connectivity index is 1.24. The fraction of sp³-hybridized carbons (Fsp3) is 0.318. The molecule has 30 heavy (non-hydrogen) atoms. The molecule has 0 saturated heterocycles. The highest BCUT2D eigenvalue weighted by Gasteiger charge is 2.27. The summed E-state index contributed by atoms with van der Waals surface area (Å²) >= 11 is 11.8. The molecule has 1 heterocycles. The summed E-state index contributed by atoms with van der Waals surface area (Å²) in [5, 5.41) is 12.7. The van der Waals surface area contributed by atoms with Gasteiger partial charge < -0.3 is 14.5 Å². The molecule has 0 bridgehead atoms. The zero-order valence-corrected chi connectivity index (χ0v) is 17.7. The van der Waals surface area contributed by atoms with Crippen LogP contribution in [0.3, 0.4) is 0 Å². The minimum Gasteiger partial charge on any atom is -0.484 e. The molecule has 1 N–H and O–H groups in total. The molecule has 0 unspecified atom stereocenters. The molecule has 1 aliphatic carbocycles. The molecule has 1 aliphatic rings. The van der Waals surface area contributed by atoms with Crippen LogP contribution in [0.4, 0.5) is 0 Å². The molecule has 0 atom stereocenters. The number of hydrogen-bond acceptors (Lipinski definition) is 5. The monoisotopic (exact) mass is 445 g/mol. The number of carbonyl (C=O) groups excluding carboxylic acids is 1. The van der Waals surface area contributed by atoms with E-state index in [0.717, 1.165) is 31.2 Å².